The number of carbonyl (C=O) groups is 1. The lowest BCUT2D eigenvalue weighted by Crippen LogP contribution is -2.51. The largest absolute Gasteiger partial charge is 0.372 e. The molecule has 0 aromatic carbocycles. The van der Waals surface area contributed by atoms with E-state index in [9.17, 15) is 4.79 Å². The zero-order valence-electron chi connectivity index (χ0n) is 13.9. The van der Waals surface area contributed by atoms with E-state index >= 15 is 0 Å². The zero-order chi connectivity index (χ0) is 16.7. The van der Waals surface area contributed by atoms with Crippen LogP contribution in [0.3, 0.4) is 0 Å². The van der Waals surface area contributed by atoms with Crippen molar-refractivity contribution >= 4 is 11.7 Å². The van der Waals surface area contributed by atoms with E-state index < -0.39 is 0 Å². The maximum atomic E-state index is 12.9. The molecule has 2 aromatic rings. The van der Waals surface area contributed by atoms with Crippen LogP contribution in [0, 0.1) is 6.92 Å². The summed E-state index contributed by atoms with van der Waals surface area (Å²) < 4.78 is 7.60. The first-order valence-electron chi connectivity index (χ1n) is 8.22. The fourth-order valence-corrected chi connectivity index (χ4v) is 3.64. The van der Waals surface area contributed by atoms with Gasteiger partial charge in [0.1, 0.15) is 5.82 Å². The van der Waals surface area contributed by atoms with Crippen LogP contribution in [-0.4, -0.2) is 64.0 Å². The first-order chi connectivity index (χ1) is 11.6. The first kappa shape index (κ1) is 15.1. The predicted octanol–water partition coefficient (Wildman–Crippen LogP) is 0.853. The second-order valence-electron chi connectivity index (χ2n) is 6.37. The van der Waals surface area contributed by atoms with E-state index in [1.54, 1.807) is 17.1 Å². The Morgan fingerprint density at radius 2 is 2.21 bits per heavy atom. The number of aromatic nitrogens is 3. The molecule has 2 fully saturated rings. The van der Waals surface area contributed by atoms with Crippen molar-refractivity contribution in [2.45, 2.75) is 19.1 Å². The number of carbonyl (C=O) groups excluding carboxylic acids is 1. The molecule has 0 bridgehead atoms. The molecule has 24 heavy (non-hydrogen) atoms. The number of likely N-dealkylation sites (tertiary alicyclic amines) is 1. The van der Waals surface area contributed by atoms with Crippen molar-refractivity contribution in [3.05, 3.63) is 41.9 Å². The van der Waals surface area contributed by atoms with Gasteiger partial charge < -0.3 is 14.5 Å². The summed E-state index contributed by atoms with van der Waals surface area (Å²) in [5.74, 6) is 0.974. The highest BCUT2D eigenvalue weighted by Gasteiger charge is 2.42. The SMILES string of the molecule is Cc1nn(C)cc1C(=O)N1C[C@@H]2OCCN(c3ccccn3)[C@H]2C1. The molecule has 0 spiro atoms. The van der Waals surface area contributed by atoms with Crippen LogP contribution in [0.2, 0.25) is 0 Å². The number of anilines is 1. The van der Waals surface area contributed by atoms with E-state index in [2.05, 4.69) is 15.0 Å². The van der Waals surface area contributed by atoms with Crippen LogP contribution < -0.4 is 4.90 Å². The normalized spacial score (nSPS) is 23.4. The molecule has 7 nitrogen and oxygen atoms in total. The van der Waals surface area contributed by atoms with Gasteiger partial charge in [0, 0.05) is 39.1 Å². The molecule has 2 aliphatic heterocycles. The average molecular weight is 327 g/mol. The summed E-state index contributed by atoms with van der Waals surface area (Å²) in [5.41, 5.74) is 1.43. The number of fused-ring (bicyclic) bond motifs is 1. The second kappa shape index (κ2) is 5.90. The molecular formula is C17H21N5O2. The molecule has 4 rings (SSSR count). The minimum absolute atomic E-state index is 0.0274. The predicted molar refractivity (Wildman–Crippen MR) is 89.0 cm³/mol. The van der Waals surface area contributed by atoms with Gasteiger partial charge in [0.2, 0.25) is 0 Å². The van der Waals surface area contributed by atoms with E-state index in [0.29, 0.717) is 25.3 Å². The molecule has 126 valence electrons. The van der Waals surface area contributed by atoms with Crippen molar-refractivity contribution in [1.82, 2.24) is 19.7 Å². The van der Waals surface area contributed by atoms with Crippen molar-refractivity contribution in [2.75, 3.05) is 31.1 Å². The number of hydrogen-bond acceptors (Lipinski definition) is 5. The van der Waals surface area contributed by atoms with Gasteiger partial charge in [-0.15, -0.1) is 0 Å². The Kier molecular flexibility index (Phi) is 3.72. The number of ether oxygens (including phenoxy) is 1. The summed E-state index contributed by atoms with van der Waals surface area (Å²) >= 11 is 0. The number of rotatable bonds is 2. The molecule has 0 aliphatic carbocycles. The van der Waals surface area contributed by atoms with Crippen LogP contribution in [0.15, 0.2) is 30.6 Å². The molecule has 4 heterocycles. The first-order valence-corrected chi connectivity index (χ1v) is 8.22. The quantitative estimate of drug-likeness (QED) is 0.818. The number of amides is 1. The van der Waals surface area contributed by atoms with E-state index in [1.807, 2.05) is 37.1 Å². The molecule has 2 saturated heterocycles. The van der Waals surface area contributed by atoms with E-state index in [4.69, 9.17) is 4.74 Å². The highest BCUT2D eigenvalue weighted by Crippen LogP contribution is 2.27. The van der Waals surface area contributed by atoms with E-state index in [-0.39, 0.29) is 18.1 Å². The second-order valence-corrected chi connectivity index (χ2v) is 6.37. The monoisotopic (exact) mass is 327 g/mol. The fraction of sp³-hybridized carbons (Fsp3) is 0.471. The number of hydrogen-bond donors (Lipinski definition) is 0. The van der Waals surface area contributed by atoms with Gasteiger partial charge in [-0.1, -0.05) is 6.07 Å². The lowest BCUT2D eigenvalue weighted by molar-refractivity contribution is 0.0299. The number of morpholine rings is 1. The van der Waals surface area contributed by atoms with Gasteiger partial charge in [0.15, 0.2) is 0 Å². The zero-order valence-corrected chi connectivity index (χ0v) is 13.9. The van der Waals surface area contributed by atoms with Gasteiger partial charge in [-0.3, -0.25) is 9.48 Å². The topological polar surface area (TPSA) is 63.5 Å². The number of nitrogens with zero attached hydrogens (tertiary/aromatic N) is 5. The van der Waals surface area contributed by atoms with Gasteiger partial charge in [0.25, 0.3) is 5.91 Å². The number of aryl methyl sites for hydroxylation is 2. The van der Waals surface area contributed by atoms with Crippen LogP contribution in [0.25, 0.3) is 0 Å². The van der Waals surface area contributed by atoms with Crippen LogP contribution in [0.5, 0.6) is 0 Å². The van der Waals surface area contributed by atoms with E-state index in [1.165, 1.54) is 0 Å². The maximum Gasteiger partial charge on any atom is 0.257 e. The minimum Gasteiger partial charge on any atom is -0.372 e. The van der Waals surface area contributed by atoms with Gasteiger partial charge in [-0.25, -0.2) is 4.98 Å². The number of pyridine rings is 1. The van der Waals surface area contributed by atoms with Crippen molar-refractivity contribution in [2.24, 2.45) is 7.05 Å². The molecule has 0 saturated carbocycles. The van der Waals surface area contributed by atoms with Gasteiger partial charge >= 0.3 is 0 Å². The standard InChI is InChI=1S/C17H21N5O2/c1-12-13(9-20(2)19-12)17(23)21-10-14-15(11-21)24-8-7-22(14)16-5-3-4-6-18-16/h3-6,9,14-15H,7-8,10-11H2,1-2H3/t14-,15-/m0/s1. The van der Waals surface area contributed by atoms with E-state index in [0.717, 1.165) is 18.1 Å². The van der Waals surface area contributed by atoms with Crippen molar-refractivity contribution in [3.8, 4) is 0 Å². The smallest absolute Gasteiger partial charge is 0.257 e. The summed E-state index contributed by atoms with van der Waals surface area (Å²) in [6.45, 7) is 4.58. The molecule has 0 N–H and O–H groups in total. The Morgan fingerprint density at radius 3 is 2.92 bits per heavy atom. The summed E-state index contributed by atoms with van der Waals surface area (Å²) in [6.07, 6.45) is 3.62. The molecular weight excluding hydrogens is 306 g/mol. The van der Waals surface area contributed by atoms with Crippen molar-refractivity contribution in [3.63, 3.8) is 0 Å². The Balaban J connectivity index is 1.56. The summed E-state index contributed by atoms with van der Waals surface area (Å²) in [5, 5.41) is 4.27. The Hall–Kier alpha value is -2.41. The lowest BCUT2D eigenvalue weighted by Gasteiger charge is -2.37. The molecule has 7 heteroatoms. The highest BCUT2D eigenvalue weighted by atomic mass is 16.5. The van der Waals surface area contributed by atoms with Crippen LogP contribution in [0.1, 0.15) is 16.1 Å². The molecule has 1 amide bonds. The molecule has 0 unspecified atom stereocenters. The Bertz CT molecular complexity index is 745. The van der Waals surface area contributed by atoms with Crippen LogP contribution in [0.4, 0.5) is 5.82 Å². The third-order valence-corrected chi connectivity index (χ3v) is 4.78. The summed E-state index contributed by atoms with van der Waals surface area (Å²) in [6, 6.07) is 6.06. The summed E-state index contributed by atoms with van der Waals surface area (Å²) in [7, 11) is 1.83. The molecule has 2 aliphatic rings. The van der Waals surface area contributed by atoms with Crippen molar-refractivity contribution in [1.29, 1.82) is 0 Å². The fourth-order valence-electron chi connectivity index (χ4n) is 3.64. The lowest BCUT2D eigenvalue weighted by atomic mass is 10.1. The van der Waals surface area contributed by atoms with Crippen LogP contribution >= 0.6 is 0 Å². The maximum absolute atomic E-state index is 12.9. The van der Waals surface area contributed by atoms with Crippen molar-refractivity contribution < 1.29 is 9.53 Å². The Labute approximate surface area is 140 Å². The Morgan fingerprint density at radius 1 is 1.33 bits per heavy atom. The average Bonchev–Trinajstić information content (AvgIpc) is 3.17. The molecule has 2 aromatic heterocycles. The minimum atomic E-state index is 0.0274. The van der Waals surface area contributed by atoms with Gasteiger partial charge in [0.05, 0.1) is 30.0 Å². The van der Waals surface area contributed by atoms with Gasteiger partial charge in [-0.05, 0) is 19.1 Å². The third-order valence-electron chi connectivity index (χ3n) is 4.78. The highest BCUT2D eigenvalue weighted by molar-refractivity contribution is 5.95. The van der Waals surface area contributed by atoms with Gasteiger partial charge in [-0.2, -0.15) is 5.10 Å². The summed E-state index contributed by atoms with van der Waals surface area (Å²) in [4.78, 5) is 21.4. The molecule has 2 atom stereocenters. The van der Waals surface area contributed by atoms with Crippen LogP contribution in [-0.2, 0) is 11.8 Å². The molecule has 0 radical (unpaired) electrons. The third kappa shape index (κ3) is 2.54.